The molecule has 0 aliphatic heterocycles. The van der Waals surface area contributed by atoms with Crippen LogP contribution in [0.3, 0.4) is 0 Å². The third kappa shape index (κ3) is 4.32. The first kappa shape index (κ1) is 17.5. The SMILES string of the molecule is COc1ncccc1NC(=O)C(=O)NC[C@H](c1ccco1)N(C)C. The van der Waals surface area contributed by atoms with Crippen molar-refractivity contribution in [2.75, 3.05) is 33.1 Å². The second-order valence-electron chi connectivity index (χ2n) is 5.22. The Morgan fingerprint density at radius 1 is 1.29 bits per heavy atom. The second-order valence-corrected chi connectivity index (χ2v) is 5.22. The lowest BCUT2D eigenvalue weighted by molar-refractivity contribution is -0.136. The third-order valence-electron chi connectivity index (χ3n) is 3.37. The maximum absolute atomic E-state index is 12.0. The lowest BCUT2D eigenvalue weighted by Crippen LogP contribution is -2.40. The Morgan fingerprint density at radius 3 is 2.71 bits per heavy atom. The van der Waals surface area contributed by atoms with Crippen molar-refractivity contribution in [3.05, 3.63) is 42.5 Å². The summed E-state index contributed by atoms with van der Waals surface area (Å²) in [6.07, 6.45) is 3.09. The van der Waals surface area contributed by atoms with Crippen LogP contribution in [0.15, 0.2) is 41.1 Å². The summed E-state index contributed by atoms with van der Waals surface area (Å²) in [6.45, 7) is 0.233. The molecule has 128 valence electrons. The summed E-state index contributed by atoms with van der Waals surface area (Å²) in [5, 5.41) is 5.07. The van der Waals surface area contributed by atoms with Gasteiger partial charge in [0, 0.05) is 12.7 Å². The minimum Gasteiger partial charge on any atom is -0.480 e. The van der Waals surface area contributed by atoms with Crippen molar-refractivity contribution in [2.24, 2.45) is 0 Å². The summed E-state index contributed by atoms with van der Waals surface area (Å²) in [7, 11) is 5.16. The van der Waals surface area contributed by atoms with Gasteiger partial charge in [0.2, 0.25) is 5.88 Å². The number of furan rings is 1. The van der Waals surface area contributed by atoms with Crippen LogP contribution in [0.25, 0.3) is 0 Å². The zero-order valence-electron chi connectivity index (χ0n) is 13.8. The van der Waals surface area contributed by atoms with Crippen LogP contribution >= 0.6 is 0 Å². The van der Waals surface area contributed by atoms with E-state index in [9.17, 15) is 9.59 Å². The van der Waals surface area contributed by atoms with E-state index in [4.69, 9.17) is 9.15 Å². The van der Waals surface area contributed by atoms with Gasteiger partial charge in [0.05, 0.1) is 19.4 Å². The van der Waals surface area contributed by atoms with Crippen molar-refractivity contribution in [1.29, 1.82) is 0 Å². The van der Waals surface area contributed by atoms with Gasteiger partial charge in [-0.05, 0) is 38.4 Å². The first-order valence-corrected chi connectivity index (χ1v) is 7.31. The minimum atomic E-state index is -0.793. The predicted molar refractivity (Wildman–Crippen MR) is 87.6 cm³/mol. The molecule has 0 unspecified atom stereocenters. The number of carbonyl (C=O) groups excluding carboxylic acids is 2. The molecule has 8 heteroatoms. The van der Waals surface area contributed by atoms with Crippen LogP contribution in [-0.4, -0.2) is 49.4 Å². The normalized spacial score (nSPS) is 11.8. The second kappa shape index (κ2) is 8.11. The van der Waals surface area contributed by atoms with Crippen LogP contribution in [0.2, 0.25) is 0 Å². The van der Waals surface area contributed by atoms with E-state index in [1.807, 2.05) is 25.1 Å². The van der Waals surface area contributed by atoms with Crippen molar-refractivity contribution in [3.63, 3.8) is 0 Å². The fourth-order valence-corrected chi connectivity index (χ4v) is 2.12. The highest BCUT2D eigenvalue weighted by Gasteiger charge is 2.21. The van der Waals surface area contributed by atoms with Crippen molar-refractivity contribution >= 4 is 17.5 Å². The number of rotatable bonds is 6. The zero-order chi connectivity index (χ0) is 17.5. The van der Waals surface area contributed by atoms with Gasteiger partial charge < -0.3 is 19.8 Å². The number of nitrogens with one attached hydrogen (secondary N) is 2. The summed E-state index contributed by atoms with van der Waals surface area (Å²) in [5.74, 6) is -0.604. The number of aromatic nitrogens is 1. The van der Waals surface area contributed by atoms with Gasteiger partial charge in [-0.15, -0.1) is 0 Å². The maximum Gasteiger partial charge on any atom is 0.313 e. The Bertz CT molecular complexity index is 685. The highest BCUT2D eigenvalue weighted by molar-refractivity contribution is 6.39. The van der Waals surface area contributed by atoms with E-state index >= 15 is 0 Å². The lowest BCUT2D eigenvalue weighted by Gasteiger charge is -2.22. The molecule has 2 heterocycles. The number of amides is 2. The van der Waals surface area contributed by atoms with Gasteiger partial charge in [0.15, 0.2) is 0 Å². The fraction of sp³-hybridized carbons (Fsp3) is 0.312. The molecule has 0 fully saturated rings. The molecule has 1 atom stereocenters. The Balaban J connectivity index is 1.95. The first-order chi connectivity index (χ1) is 11.5. The average Bonchev–Trinajstić information content (AvgIpc) is 3.09. The molecule has 2 rings (SSSR count). The molecular weight excluding hydrogens is 312 g/mol. The van der Waals surface area contributed by atoms with Gasteiger partial charge in [-0.3, -0.25) is 14.5 Å². The quantitative estimate of drug-likeness (QED) is 0.767. The van der Waals surface area contributed by atoms with Gasteiger partial charge in [-0.1, -0.05) is 0 Å². The Hall–Kier alpha value is -2.87. The standard InChI is InChI=1S/C16H20N4O4/c1-20(2)12(13-7-5-9-24-13)10-18-14(21)15(22)19-11-6-4-8-17-16(11)23-3/h4-9,12H,10H2,1-3H3,(H,18,21)(H,19,22)/t12-/m1/s1. The summed E-state index contributed by atoms with van der Waals surface area (Å²) in [5.41, 5.74) is 0.329. The molecule has 0 aliphatic rings. The minimum absolute atomic E-state index is 0.176. The van der Waals surface area contributed by atoms with Crippen LogP contribution in [0, 0.1) is 0 Å². The van der Waals surface area contributed by atoms with Crippen LogP contribution < -0.4 is 15.4 Å². The largest absolute Gasteiger partial charge is 0.480 e. The highest BCUT2D eigenvalue weighted by Crippen LogP contribution is 2.20. The molecule has 2 aromatic rings. The number of nitrogens with zero attached hydrogens (tertiary/aromatic N) is 2. The van der Waals surface area contributed by atoms with Crippen LogP contribution in [-0.2, 0) is 9.59 Å². The summed E-state index contributed by atoms with van der Waals surface area (Å²) in [4.78, 5) is 29.9. The molecule has 8 nitrogen and oxygen atoms in total. The first-order valence-electron chi connectivity index (χ1n) is 7.31. The maximum atomic E-state index is 12.0. The molecule has 0 aromatic carbocycles. The molecule has 0 spiro atoms. The van der Waals surface area contributed by atoms with Gasteiger partial charge in [0.1, 0.15) is 11.4 Å². The molecule has 2 N–H and O–H groups in total. The number of methoxy groups -OCH3 is 1. The number of hydrogen-bond acceptors (Lipinski definition) is 6. The predicted octanol–water partition coefficient (Wildman–Crippen LogP) is 1.04. The third-order valence-corrected chi connectivity index (χ3v) is 3.37. The van der Waals surface area contributed by atoms with Crippen LogP contribution in [0.4, 0.5) is 5.69 Å². The topological polar surface area (TPSA) is 96.7 Å². The zero-order valence-corrected chi connectivity index (χ0v) is 13.8. The van der Waals surface area contributed by atoms with Crippen molar-refractivity contribution in [1.82, 2.24) is 15.2 Å². The number of ether oxygens (including phenoxy) is 1. The van der Waals surface area contributed by atoms with Crippen LogP contribution in [0.5, 0.6) is 5.88 Å². The van der Waals surface area contributed by atoms with Gasteiger partial charge in [0.25, 0.3) is 0 Å². The van der Waals surface area contributed by atoms with Crippen LogP contribution in [0.1, 0.15) is 11.8 Å². The Kier molecular flexibility index (Phi) is 5.91. The van der Waals surface area contributed by atoms with E-state index in [0.29, 0.717) is 11.4 Å². The van der Waals surface area contributed by atoms with E-state index in [1.54, 1.807) is 24.5 Å². The molecule has 0 aliphatic carbocycles. The van der Waals surface area contributed by atoms with E-state index in [2.05, 4.69) is 15.6 Å². The molecular formula is C16H20N4O4. The summed E-state index contributed by atoms with van der Waals surface area (Å²) in [6, 6.07) is 6.65. The molecule has 2 amide bonds. The summed E-state index contributed by atoms with van der Waals surface area (Å²) < 4.78 is 10.4. The Morgan fingerprint density at radius 2 is 2.08 bits per heavy atom. The molecule has 0 saturated carbocycles. The van der Waals surface area contributed by atoms with Crippen molar-refractivity contribution in [2.45, 2.75) is 6.04 Å². The number of likely N-dealkylation sites (N-methyl/N-ethyl adjacent to an activating group) is 1. The van der Waals surface area contributed by atoms with E-state index in [-0.39, 0.29) is 18.5 Å². The van der Waals surface area contributed by atoms with Crippen molar-refractivity contribution in [3.8, 4) is 5.88 Å². The van der Waals surface area contributed by atoms with Gasteiger partial charge in [-0.25, -0.2) is 4.98 Å². The number of pyridine rings is 1. The fourth-order valence-electron chi connectivity index (χ4n) is 2.12. The van der Waals surface area contributed by atoms with E-state index in [1.165, 1.54) is 13.3 Å². The Labute approximate surface area is 139 Å². The summed E-state index contributed by atoms with van der Waals surface area (Å²) >= 11 is 0. The molecule has 0 saturated heterocycles. The average molecular weight is 332 g/mol. The number of hydrogen-bond donors (Lipinski definition) is 2. The lowest BCUT2D eigenvalue weighted by atomic mass is 10.2. The monoisotopic (exact) mass is 332 g/mol. The smallest absolute Gasteiger partial charge is 0.313 e. The molecule has 2 aromatic heterocycles. The molecule has 0 bridgehead atoms. The molecule has 0 radical (unpaired) electrons. The van der Waals surface area contributed by atoms with Crippen molar-refractivity contribution < 1.29 is 18.7 Å². The van der Waals surface area contributed by atoms with E-state index < -0.39 is 11.8 Å². The van der Waals surface area contributed by atoms with E-state index in [0.717, 1.165) is 0 Å². The number of anilines is 1. The molecule has 24 heavy (non-hydrogen) atoms. The van der Waals surface area contributed by atoms with Gasteiger partial charge >= 0.3 is 11.8 Å². The van der Waals surface area contributed by atoms with Gasteiger partial charge in [-0.2, -0.15) is 0 Å². The number of carbonyl (C=O) groups is 2. The highest BCUT2D eigenvalue weighted by atomic mass is 16.5.